The van der Waals surface area contributed by atoms with Crippen molar-refractivity contribution in [1.29, 1.82) is 0 Å². The lowest BCUT2D eigenvalue weighted by Crippen LogP contribution is -2.35. The Balaban J connectivity index is 1.45. The van der Waals surface area contributed by atoms with Gasteiger partial charge < -0.3 is 11.1 Å². The van der Waals surface area contributed by atoms with E-state index in [9.17, 15) is 9.59 Å². The van der Waals surface area contributed by atoms with Crippen molar-refractivity contribution in [3.63, 3.8) is 0 Å². The molecular weight excluding hydrogens is 402 g/mol. The number of primary amides is 1. The monoisotopic (exact) mass is 425 g/mol. The van der Waals surface area contributed by atoms with E-state index in [1.54, 1.807) is 4.57 Å². The first-order valence-electron chi connectivity index (χ1n) is 10.5. The van der Waals surface area contributed by atoms with Crippen molar-refractivity contribution in [2.45, 2.75) is 19.4 Å². The van der Waals surface area contributed by atoms with Crippen LogP contribution in [0, 0.1) is 6.92 Å². The third-order valence-corrected chi connectivity index (χ3v) is 5.99. The number of carbonyl (C=O) groups excluding carboxylic acids is 1. The molecule has 160 valence electrons. The summed E-state index contributed by atoms with van der Waals surface area (Å²) in [6.45, 7) is 3.18. The molecule has 0 spiro atoms. The maximum absolute atomic E-state index is 12.6. The summed E-state index contributed by atoms with van der Waals surface area (Å²) in [5, 5.41) is 4.36. The number of aryl methyl sites for hydroxylation is 1. The van der Waals surface area contributed by atoms with E-state index in [0.29, 0.717) is 24.3 Å². The second kappa shape index (κ2) is 7.85. The number of hydrogen-bond acceptors (Lipinski definition) is 4. The number of hydrogen-bond donors (Lipinski definition) is 2. The summed E-state index contributed by atoms with van der Waals surface area (Å²) >= 11 is 0. The summed E-state index contributed by atoms with van der Waals surface area (Å²) in [5.74, 6) is 0.908. The lowest BCUT2D eigenvalue weighted by Gasteiger charge is -2.29. The van der Waals surface area contributed by atoms with Crippen LogP contribution in [-0.2, 0) is 6.54 Å². The van der Waals surface area contributed by atoms with Crippen LogP contribution in [-0.4, -0.2) is 22.1 Å². The number of para-hydroxylation sites is 2. The van der Waals surface area contributed by atoms with Crippen LogP contribution in [0.1, 0.15) is 17.0 Å². The fraction of sp³-hybridized carbons (Fsp3) is 0.160. The van der Waals surface area contributed by atoms with Gasteiger partial charge in [0, 0.05) is 24.4 Å². The van der Waals surface area contributed by atoms with Gasteiger partial charge in [0.1, 0.15) is 5.82 Å². The first-order valence-corrected chi connectivity index (χ1v) is 10.5. The van der Waals surface area contributed by atoms with Gasteiger partial charge in [0.05, 0.1) is 16.9 Å². The first kappa shape index (κ1) is 19.8. The predicted molar refractivity (Wildman–Crippen MR) is 127 cm³/mol. The van der Waals surface area contributed by atoms with Crippen molar-refractivity contribution in [1.82, 2.24) is 9.55 Å². The minimum atomic E-state index is -0.537. The molecule has 1 aromatic heterocycles. The average molecular weight is 425 g/mol. The van der Waals surface area contributed by atoms with Crippen LogP contribution in [0.4, 0.5) is 22.0 Å². The minimum Gasteiger partial charge on any atom is -0.370 e. The molecule has 0 saturated carbocycles. The number of anilines is 3. The van der Waals surface area contributed by atoms with Crippen molar-refractivity contribution >= 4 is 34.1 Å². The molecule has 4 aromatic rings. The molecule has 1 unspecified atom stereocenters. The van der Waals surface area contributed by atoms with Gasteiger partial charge in [-0.1, -0.05) is 42.5 Å². The van der Waals surface area contributed by atoms with E-state index >= 15 is 0 Å². The molecule has 1 atom stereocenters. The van der Waals surface area contributed by atoms with Crippen molar-refractivity contribution in [2.75, 3.05) is 16.8 Å². The van der Waals surface area contributed by atoms with Gasteiger partial charge in [-0.2, -0.15) is 4.98 Å². The quantitative estimate of drug-likeness (QED) is 0.516. The van der Waals surface area contributed by atoms with Gasteiger partial charge in [0.15, 0.2) is 0 Å². The van der Waals surface area contributed by atoms with E-state index in [1.807, 2.05) is 79.7 Å². The van der Waals surface area contributed by atoms with Crippen LogP contribution in [0.2, 0.25) is 0 Å². The third kappa shape index (κ3) is 3.37. The fourth-order valence-corrected chi connectivity index (χ4v) is 4.36. The Morgan fingerprint density at radius 2 is 1.78 bits per heavy atom. The molecule has 2 heterocycles. The molecule has 0 fully saturated rings. The van der Waals surface area contributed by atoms with Gasteiger partial charge in [-0.3, -0.25) is 9.47 Å². The number of aromatic nitrogens is 2. The molecule has 0 bridgehead atoms. The van der Waals surface area contributed by atoms with Crippen LogP contribution in [0.25, 0.3) is 10.9 Å². The van der Waals surface area contributed by atoms with Gasteiger partial charge in [0.25, 0.3) is 0 Å². The zero-order valence-corrected chi connectivity index (χ0v) is 17.7. The maximum Gasteiger partial charge on any atom is 0.349 e. The smallest absolute Gasteiger partial charge is 0.349 e. The first-order chi connectivity index (χ1) is 15.5. The number of rotatable bonds is 3. The molecule has 5 rings (SSSR count). The molecule has 7 heteroatoms. The van der Waals surface area contributed by atoms with Crippen molar-refractivity contribution in [2.24, 2.45) is 5.73 Å². The van der Waals surface area contributed by atoms with Crippen LogP contribution >= 0.6 is 0 Å². The molecule has 0 saturated heterocycles. The Morgan fingerprint density at radius 1 is 1.06 bits per heavy atom. The lowest BCUT2D eigenvalue weighted by molar-refractivity contribution is 0.256. The Kier molecular flexibility index (Phi) is 4.86. The molecule has 7 nitrogen and oxygen atoms in total. The number of urea groups is 1. The van der Waals surface area contributed by atoms with Gasteiger partial charge in [-0.05, 0) is 48.4 Å². The van der Waals surface area contributed by atoms with Gasteiger partial charge in [-0.25, -0.2) is 9.59 Å². The van der Waals surface area contributed by atoms with E-state index in [1.165, 1.54) is 4.90 Å². The summed E-state index contributed by atoms with van der Waals surface area (Å²) in [6, 6.07) is 22.5. The molecule has 32 heavy (non-hydrogen) atoms. The third-order valence-electron chi connectivity index (χ3n) is 5.99. The van der Waals surface area contributed by atoms with Crippen LogP contribution in [0.15, 0.2) is 77.6 Å². The normalized spacial score (nSPS) is 15.1. The zero-order valence-electron chi connectivity index (χ0n) is 17.7. The number of amides is 2. The zero-order chi connectivity index (χ0) is 22.2. The summed E-state index contributed by atoms with van der Waals surface area (Å²) in [5.41, 5.74) is 9.62. The van der Waals surface area contributed by atoms with E-state index < -0.39 is 6.03 Å². The van der Waals surface area contributed by atoms with Crippen LogP contribution in [0.3, 0.4) is 0 Å². The largest absolute Gasteiger partial charge is 0.370 e. The molecule has 3 N–H and O–H groups in total. The van der Waals surface area contributed by atoms with Gasteiger partial charge >= 0.3 is 11.7 Å². The lowest BCUT2D eigenvalue weighted by atomic mass is 9.96. The molecule has 3 aromatic carbocycles. The summed E-state index contributed by atoms with van der Waals surface area (Å²) in [6.07, 6.45) is 0. The average Bonchev–Trinajstić information content (AvgIpc) is 2.81. The SMILES string of the molecule is Cc1ccccc1N(C(N)=O)c1ccc(C2CNc3c4ccccc4nc(=O)n3C2)cc1. The molecule has 1 aliphatic heterocycles. The second-order valence-electron chi connectivity index (χ2n) is 8.00. The molecular formula is C25H23N5O2. The van der Waals surface area contributed by atoms with Gasteiger partial charge in [0.2, 0.25) is 0 Å². The highest BCUT2D eigenvalue weighted by Gasteiger charge is 2.24. The number of nitrogens with zero attached hydrogens (tertiary/aromatic N) is 3. The van der Waals surface area contributed by atoms with Crippen molar-refractivity contribution < 1.29 is 4.79 Å². The summed E-state index contributed by atoms with van der Waals surface area (Å²) < 4.78 is 1.70. The molecule has 0 radical (unpaired) electrons. The summed E-state index contributed by atoms with van der Waals surface area (Å²) in [4.78, 5) is 30.6. The topological polar surface area (TPSA) is 93.2 Å². The van der Waals surface area contributed by atoms with E-state index in [4.69, 9.17) is 5.73 Å². The molecule has 1 aliphatic rings. The Hall–Kier alpha value is -4.13. The minimum absolute atomic E-state index is 0.0951. The predicted octanol–water partition coefficient (Wildman–Crippen LogP) is 4.13. The van der Waals surface area contributed by atoms with Gasteiger partial charge in [-0.15, -0.1) is 0 Å². The second-order valence-corrected chi connectivity index (χ2v) is 8.00. The Labute approximate surface area is 185 Å². The Bertz CT molecular complexity index is 1380. The maximum atomic E-state index is 12.6. The highest BCUT2D eigenvalue weighted by molar-refractivity contribution is 5.99. The van der Waals surface area contributed by atoms with Crippen LogP contribution in [0.5, 0.6) is 0 Å². The van der Waals surface area contributed by atoms with Crippen LogP contribution < -0.4 is 21.6 Å². The fourth-order valence-electron chi connectivity index (χ4n) is 4.36. The number of nitrogens with one attached hydrogen (secondary N) is 1. The number of nitrogens with two attached hydrogens (primary N) is 1. The van der Waals surface area contributed by atoms with Crippen molar-refractivity contribution in [3.05, 3.63) is 94.4 Å². The van der Waals surface area contributed by atoms with E-state index in [2.05, 4.69) is 10.3 Å². The number of benzene rings is 3. The highest BCUT2D eigenvalue weighted by atomic mass is 16.2. The molecule has 0 aliphatic carbocycles. The number of fused-ring (bicyclic) bond motifs is 3. The van der Waals surface area contributed by atoms with E-state index in [0.717, 1.165) is 28.0 Å². The summed E-state index contributed by atoms with van der Waals surface area (Å²) in [7, 11) is 0. The Morgan fingerprint density at radius 3 is 2.53 bits per heavy atom. The van der Waals surface area contributed by atoms with E-state index in [-0.39, 0.29) is 11.6 Å². The standard InChI is InChI=1S/C25H23N5O2/c1-16-6-2-5-9-22(16)30(24(26)31)19-12-10-17(11-13-19)18-14-27-23-20-7-3-4-8-21(20)28-25(32)29(23)15-18/h2-13,18,27H,14-15H2,1H3,(H2,26,31). The number of carbonyl (C=O) groups is 1. The highest BCUT2D eigenvalue weighted by Crippen LogP contribution is 2.32. The molecule has 2 amide bonds. The van der Waals surface area contributed by atoms with Crippen molar-refractivity contribution in [3.8, 4) is 0 Å².